The molecule has 0 radical (unpaired) electrons. The first-order valence-electron chi connectivity index (χ1n) is 14.2. The van der Waals surface area contributed by atoms with E-state index in [4.69, 9.17) is 20.9 Å². The number of nitrogens with two attached hydrogens (primary N) is 2. The van der Waals surface area contributed by atoms with Gasteiger partial charge in [-0.15, -0.1) is 0 Å². The quantitative estimate of drug-likeness (QED) is 0.426. The van der Waals surface area contributed by atoms with Gasteiger partial charge in [-0.3, -0.25) is 10.6 Å². The molecule has 1 saturated heterocycles. The molecule has 4 atom stereocenters. The Bertz CT molecular complexity index is 1440. The van der Waals surface area contributed by atoms with Crippen LogP contribution in [-0.2, 0) is 5.79 Å². The minimum absolute atomic E-state index is 0.206. The minimum atomic E-state index is -1.24. The molecule has 11 heteroatoms. The summed E-state index contributed by atoms with van der Waals surface area (Å²) in [6.07, 6.45) is 7.21. The van der Waals surface area contributed by atoms with Crippen molar-refractivity contribution in [2.75, 3.05) is 50.3 Å². The molecule has 210 valence electrons. The van der Waals surface area contributed by atoms with Gasteiger partial charge < -0.3 is 20.1 Å². The fourth-order valence-corrected chi connectivity index (χ4v) is 7.13. The first kappa shape index (κ1) is 25.3. The Morgan fingerprint density at radius 1 is 0.975 bits per heavy atom. The molecule has 40 heavy (non-hydrogen) atoms. The van der Waals surface area contributed by atoms with Crippen molar-refractivity contribution in [1.29, 1.82) is 0 Å². The van der Waals surface area contributed by atoms with Gasteiger partial charge in [0.25, 0.3) is 0 Å². The number of ether oxygens (including phenoxy) is 2. The Morgan fingerprint density at radius 2 is 1.73 bits per heavy atom. The van der Waals surface area contributed by atoms with Crippen LogP contribution >= 0.6 is 0 Å². The van der Waals surface area contributed by atoms with Crippen LogP contribution in [0.3, 0.4) is 0 Å². The van der Waals surface area contributed by atoms with Crippen LogP contribution in [0, 0.1) is 11.8 Å². The maximum absolute atomic E-state index is 6.76. The van der Waals surface area contributed by atoms with Gasteiger partial charge in [0.1, 0.15) is 6.33 Å². The van der Waals surface area contributed by atoms with Crippen molar-refractivity contribution in [3.8, 4) is 11.5 Å². The van der Waals surface area contributed by atoms with Crippen molar-refractivity contribution in [3.63, 3.8) is 0 Å². The first-order chi connectivity index (χ1) is 19.5. The molecule has 2 aromatic carbocycles. The van der Waals surface area contributed by atoms with Gasteiger partial charge >= 0.3 is 0 Å². The Labute approximate surface area is 234 Å². The molecule has 11 nitrogen and oxygen atoms in total. The number of piperazine rings is 1. The molecular formula is C29H37N9O2. The maximum Gasteiger partial charge on any atom is 0.215 e. The highest BCUT2D eigenvalue weighted by molar-refractivity contribution is 6.03. The molecule has 7 rings (SSSR count). The van der Waals surface area contributed by atoms with Gasteiger partial charge in [-0.05, 0) is 42.9 Å². The molecular weight excluding hydrogens is 506 g/mol. The van der Waals surface area contributed by atoms with Gasteiger partial charge in [-0.2, -0.15) is 5.43 Å². The second-order valence-electron chi connectivity index (χ2n) is 11.3. The lowest BCUT2D eigenvalue weighted by Gasteiger charge is -2.50. The van der Waals surface area contributed by atoms with Crippen LogP contribution in [0.5, 0.6) is 11.5 Å². The number of nitrogens with zero attached hydrogens (tertiary/aromatic N) is 6. The van der Waals surface area contributed by atoms with E-state index < -0.39 is 5.79 Å². The summed E-state index contributed by atoms with van der Waals surface area (Å²) < 4.78 is 10.9. The van der Waals surface area contributed by atoms with Gasteiger partial charge in [-0.25, -0.2) is 20.0 Å². The number of nitrogens with one attached hydrogen (secondary N) is 1. The lowest BCUT2D eigenvalue weighted by Crippen LogP contribution is -2.57. The van der Waals surface area contributed by atoms with E-state index in [1.54, 1.807) is 25.3 Å². The molecule has 3 fully saturated rings. The van der Waals surface area contributed by atoms with Gasteiger partial charge in [0.15, 0.2) is 17.3 Å². The summed E-state index contributed by atoms with van der Waals surface area (Å²) in [6.45, 7) is 4.37. The summed E-state index contributed by atoms with van der Waals surface area (Å²) in [5.74, 6) is 2.60. The number of aliphatic imine (C=N–C) groups is 1. The average Bonchev–Trinajstić information content (AvgIpc) is 3.50. The van der Waals surface area contributed by atoms with Crippen molar-refractivity contribution >= 4 is 28.4 Å². The number of rotatable bonds is 6. The van der Waals surface area contributed by atoms with E-state index in [0.29, 0.717) is 22.8 Å². The Balaban J connectivity index is 1.06. The van der Waals surface area contributed by atoms with Crippen molar-refractivity contribution in [3.05, 3.63) is 48.3 Å². The summed E-state index contributed by atoms with van der Waals surface area (Å²) >= 11 is 0. The minimum Gasteiger partial charge on any atom is -0.493 e. The summed E-state index contributed by atoms with van der Waals surface area (Å²) in [7, 11) is 3.18. The van der Waals surface area contributed by atoms with Crippen molar-refractivity contribution < 1.29 is 9.47 Å². The number of hydrazine groups is 1. The number of methoxy groups -OCH3 is 2. The summed E-state index contributed by atoms with van der Waals surface area (Å²) in [6, 6.07) is 12.7. The molecule has 4 aliphatic rings. The standard InChI is InChI=1S/C29H37N9O2/c1-39-25-15-22-23(16-26(25)40-2)32-17-33-27(22)38-28(30)34-29(31,35-38)19-6-8-20(9-7-19)36-10-12-37(13-11-36)24-14-18-4-3-5-21(18)24/h6-9,15-18,21,24,35H,3-5,10-14,31H2,1-2H3,(H2,30,34). The molecule has 5 N–H and O–H groups in total. The zero-order valence-corrected chi connectivity index (χ0v) is 23.1. The smallest absolute Gasteiger partial charge is 0.215 e. The van der Waals surface area contributed by atoms with Crippen LogP contribution in [0.15, 0.2) is 47.7 Å². The lowest BCUT2D eigenvalue weighted by atomic mass is 9.70. The number of aromatic nitrogens is 2. The predicted octanol–water partition coefficient (Wildman–Crippen LogP) is 2.37. The molecule has 1 aromatic heterocycles. The zero-order valence-electron chi connectivity index (χ0n) is 23.1. The number of hydrogen-bond donors (Lipinski definition) is 3. The summed E-state index contributed by atoms with van der Waals surface area (Å²) in [5.41, 5.74) is 19.1. The van der Waals surface area contributed by atoms with E-state index in [-0.39, 0.29) is 5.96 Å². The number of anilines is 2. The zero-order chi connectivity index (χ0) is 27.4. The third kappa shape index (κ3) is 4.11. The van der Waals surface area contributed by atoms with Crippen LogP contribution in [0.25, 0.3) is 10.9 Å². The number of fused-ring (bicyclic) bond motifs is 2. The monoisotopic (exact) mass is 543 g/mol. The number of benzene rings is 2. The van der Waals surface area contributed by atoms with Gasteiger partial charge in [-0.1, -0.05) is 25.0 Å². The molecule has 2 aliphatic carbocycles. The van der Waals surface area contributed by atoms with Gasteiger partial charge in [0.05, 0.1) is 19.7 Å². The summed E-state index contributed by atoms with van der Waals surface area (Å²) in [5, 5.41) is 2.31. The van der Waals surface area contributed by atoms with E-state index in [1.165, 1.54) is 37.7 Å². The fourth-order valence-electron chi connectivity index (χ4n) is 7.13. The molecule has 0 amide bonds. The van der Waals surface area contributed by atoms with Gasteiger partial charge in [0.2, 0.25) is 11.7 Å². The summed E-state index contributed by atoms with van der Waals surface area (Å²) in [4.78, 5) is 18.7. The number of guanidine groups is 1. The van der Waals surface area contributed by atoms with E-state index >= 15 is 0 Å². The molecule has 0 spiro atoms. The SMILES string of the molecule is COc1cc2ncnc(N3NC(N)(c4ccc(N5CCN(C6CC7CCCC76)CC5)cc4)N=C3N)c2cc1OC. The van der Waals surface area contributed by atoms with E-state index in [2.05, 4.69) is 42.3 Å². The maximum atomic E-state index is 6.76. The van der Waals surface area contributed by atoms with Crippen LogP contribution < -0.4 is 36.3 Å². The molecule has 2 aliphatic heterocycles. The largest absolute Gasteiger partial charge is 0.493 e. The first-order valence-corrected chi connectivity index (χ1v) is 14.2. The second kappa shape index (κ2) is 9.76. The molecule has 2 saturated carbocycles. The van der Waals surface area contributed by atoms with Crippen LogP contribution in [0.2, 0.25) is 0 Å². The Morgan fingerprint density at radius 3 is 2.45 bits per heavy atom. The third-order valence-corrected chi connectivity index (χ3v) is 9.35. The predicted molar refractivity (Wildman–Crippen MR) is 155 cm³/mol. The number of hydrogen-bond acceptors (Lipinski definition) is 11. The normalized spacial score (nSPS) is 28.4. The Kier molecular flexibility index (Phi) is 6.17. The highest BCUT2D eigenvalue weighted by Gasteiger charge is 2.46. The molecule has 3 heterocycles. The van der Waals surface area contributed by atoms with Gasteiger partial charge in [0, 0.05) is 54.9 Å². The Hall–Kier alpha value is -3.67. The van der Waals surface area contributed by atoms with Crippen LogP contribution in [-0.4, -0.2) is 67.3 Å². The van der Waals surface area contributed by atoms with E-state index in [9.17, 15) is 0 Å². The third-order valence-electron chi connectivity index (χ3n) is 9.35. The topological polar surface area (TPSA) is 130 Å². The highest BCUT2D eigenvalue weighted by Crippen LogP contribution is 2.49. The van der Waals surface area contributed by atoms with E-state index in [1.807, 2.05) is 18.2 Å². The second-order valence-corrected chi connectivity index (χ2v) is 11.3. The highest BCUT2D eigenvalue weighted by atomic mass is 16.5. The van der Waals surface area contributed by atoms with Crippen LogP contribution in [0.1, 0.15) is 31.2 Å². The van der Waals surface area contributed by atoms with Crippen molar-refractivity contribution in [2.45, 2.75) is 37.5 Å². The van der Waals surface area contributed by atoms with Crippen molar-refractivity contribution in [2.24, 2.45) is 28.3 Å². The molecule has 3 aromatic rings. The average molecular weight is 544 g/mol. The fraction of sp³-hybridized carbons (Fsp3) is 0.483. The lowest BCUT2D eigenvalue weighted by molar-refractivity contribution is 0.0193. The molecule has 0 bridgehead atoms. The van der Waals surface area contributed by atoms with E-state index in [0.717, 1.165) is 55.0 Å². The molecule has 4 unspecified atom stereocenters. The van der Waals surface area contributed by atoms with Crippen LogP contribution in [0.4, 0.5) is 11.5 Å². The van der Waals surface area contributed by atoms with Crippen molar-refractivity contribution in [1.82, 2.24) is 20.3 Å².